The van der Waals surface area contributed by atoms with E-state index in [0.717, 1.165) is 36.1 Å². The second kappa shape index (κ2) is 6.61. The molecule has 0 aliphatic carbocycles. The van der Waals surface area contributed by atoms with Crippen LogP contribution in [0.15, 0.2) is 34.9 Å². The van der Waals surface area contributed by atoms with Crippen molar-refractivity contribution < 1.29 is 4.42 Å². The summed E-state index contributed by atoms with van der Waals surface area (Å²) < 4.78 is 5.69. The van der Waals surface area contributed by atoms with Gasteiger partial charge in [0.25, 0.3) is 0 Å². The van der Waals surface area contributed by atoms with Crippen molar-refractivity contribution in [2.24, 2.45) is 0 Å². The molecular weight excluding hydrogens is 244 g/mol. The molecule has 18 heavy (non-hydrogen) atoms. The minimum atomic E-state index is 0.740. The molecule has 3 nitrogen and oxygen atoms in total. The van der Waals surface area contributed by atoms with Crippen molar-refractivity contribution in [1.82, 2.24) is 10.3 Å². The van der Waals surface area contributed by atoms with Crippen molar-refractivity contribution in [2.45, 2.75) is 25.8 Å². The normalized spacial score (nSPS) is 10.8. The zero-order chi connectivity index (χ0) is 12.8. The Bertz CT molecular complexity index is 496. The largest absolute Gasteiger partial charge is 0.464 e. The summed E-state index contributed by atoms with van der Waals surface area (Å²) in [6.07, 6.45) is 3.90. The molecule has 0 amide bonds. The molecule has 0 aliphatic rings. The van der Waals surface area contributed by atoms with Crippen LogP contribution in [0.4, 0.5) is 0 Å². The minimum absolute atomic E-state index is 0.740. The van der Waals surface area contributed by atoms with Crippen LogP contribution in [0.1, 0.15) is 22.8 Å². The summed E-state index contributed by atoms with van der Waals surface area (Å²) in [7, 11) is 0. The number of pyridine rings is 1. The molecule has 2 heterocycles. The van der Waals surface area contributed by atoms with E-state index >= 15 is 0 Å². The summed E-state index contributed by atoms with van der Waals surface area (Å²) in [5.41, 5.74) is 2.31. The smallest absolute Gasteiger partial charge is 0.118 e. The van der Waals surface area contributed by atoms with Crippen molar-refractivity contribution in [1.29, 1.82) is 0 Å². The van der Waals surface area contributed by atoms with Crippen LogP contribution in [0.5, 0.6) is 0 Å². The number of nitrogens with zero attached hydrogens (tertiary/aromatic N) is 1. The molecule has 0 radical (unpaired) electrons. The van der Waals surface area contributed by atoms with Gasteiger partial charge in [-0.05, 0) is 36.9 Å². The van der Waals surface area contributed by atoms with Gasteiger partial charge in [0, 0.05) is 12.7 Å². The highest BCUT2D eigenvalue weighted by molar-refractivity contribution is 7.97. The number of hydrogen-bond acceptors (Lipinski definition) is 4. The van der Waals surface area contributed by atoms with E-state index in [9.17, 15) is 0 Å². The number of aromatic nitrogens is 1. The van der Waals surface area contributed by atoms with E-state index in [1.54, 1.807) is 11.8 Å². The summed E-state index contributed by atoms with van der Waals surface area (Å²) in [4.78, 5) is 4.35. The summed E-state index contributed by atoms with van der Waals surface area (Å²) in [6, 6.07) is 8.11. The molecule has 2 rings (SSSR count). The maximum Gasteiger partial charge on any atom is 0.118 e. The Balaban J connectivity index is 1.83. The third kappa shape index (κ3) is 3.62. The molecule has 4 heteroatoms. The van der Waals surface area contributed by atoms with Gasteiger partial charge in [0.05, 0.1) is 18.0 Å². The lowest BCUT2D eigenvalue weighted by Gasteiger charge is -2.05. The van der Waals surface area contributed by atoms with Gasteiger partial charge in [-0.25, -0.2) is 0 Å². The lowest BCUT2D eigenvalue weighted by atomic mass is 10.2. The fourth-order valence-corrected chi connectivity index (χ4v) is 2.18. The van der Waals surface area contributed by atoms with E-state index < -0.39 is 0 Å². The molecule has 96 valence electrons. The average molecular weight is 262 g/mol. The molecule has 2 aromatic rings. The van der Waals surface area contributed by atoms with Crippen LogP contribution in [0.3, 0.4) is 0 Å². The Hall–Kier alpha value is -1.26. The molecule has 0 spiro atoms. The van der Waals surface area contributed by atoms with Gasteiger partial charge in [0.1, 0.15) is 11.5 Å². The molecule has 0 aromatic carbocycles. The number of nitrogens with one attached hydrogen (secondary N) is 1. The first-order chi connectivity index (χ1) is 8.79. The van der Waals surface area contributed by atoms with Crippen molar-refractivity contribution in [3.63, 3.8) is 0 Å². The fourth-order valence-electron chi connectivity index (χ4n) is 1.74. The van der Waals surface area contributed by atoms with Crippen molar-refractivity contribution in [2.75, 3.05) is 6.26 Å². The second-order valence-electron chi connectivity index (χ2n) is 4.17. The fraction of sp³-hybridized carbons (Fsp3) is 0.357. The van der Waals surface area contributed by atoms with Gasteiger partial charge in [-0.3, -0.25) is 4.98 Å². The van der Waals surface area contributed by atoms with Crippen molar-refractivity contribution >= 4 is 11.8 Å². The summed E-state index contributed by atoms with van der Waals surface area (Å²) in [6.45, 7) is 3.59. The summed E-state index contributed by atoms with van der Waals surface area (Å²) in [5, 5.41) is 3.35. The first-order valence-electron chi connectivity index (χ1n) is 5.97. The van der Waals surface area contributed by atoms with Crippen LogP contribution in [0.2, 0.25) is 0 Å². The van der Waals surface area contributed by atoms with E-state index in [-0.39, 0.29) is 0 Å². The van der Waals surface area contributed by atoms with Gasteiger partial charge >= 0.3 is 0 Å². The van der Waals surface area contributed by atoms with Gasteiger partial charge in [-0.1, -0.05) is 6.07 Å². The molecule has 0 unspecified atom stereocenters. The Labute approximate surface area is 112 Å². The average Bonchev–Trinajstić information content (AvgIpc) is 2.80. The highest BCUT2D eigenvalue weighted by Crippen LogP contribution is 2.13. The van der Waals surface area contributed by atoms with Crippen LogP contribution in [0.25, 0.3) is 0 Å². The monoisotopic (exact) mass is 262 g/mol. The van der Waals surface area contributed by atoms with Crippen molar-refractivity contribution in [3.05, 3.63) is 53.2 Å². The molecule has 0 atom stereocenters. The Morgan fingerprint density at radius 3 is 2.83 bits per heavy atom. The molecule has 0 saturated heterocycles. The maximum atomic E-state index is 5.69. The Morgan fingerprint density at radius 2 is 2.06 bits per heavy atom. The molecule has 0 bridgehead atoms. The summed E-state index contributed by atoms with van der Waals surface area (Å²) in [5.74, 6) is 2.94. The van der Waals surface area contributed by atoms with E-state index in [1.165, 1.54) is 5.56 Å². The van der Waals surface area contributed by atoms with E-state index in [1.807, 2.05) is 24.4 Å². The van der Waals surface area contributed by atoms with Gasteiger partial charge in [0.2, 0.25) is 0 Å². The molecular formula is C14H18N2OS. The third-order valence-corrected chi connectivity index (χ3v) is 3.29. The quantitative estimate of drug-likeness (QED) is 0.868. The van der Waals surface area contributed by atoms with Gasteiger partial charge in [-0.2, -0.15) is 11.8 Å². The second-order valence-corrected chi connectivity index (χ2v) is 5.04. The van der Waals surface area contributed by atoms with E-state index in [2.05, 4.69) is 29.5 Å². The van der Waals surface area contributed by atoms with Crippen LogP contribution in [-0.2, 0) is 18.8 Å². The van der Waals surface area contributed by atoms with Crippen LogP contribution >= 0.6 is 11.8 Å². The zero-order valence-electron chi connectivity index (χ0n) is 10.8. The molecule has 0 fully saturated rings. The summed E-state index contributed by atoms with van der Waals surface area (Å²) >= 11 is 1.77. The van der Waals surface area contributed by atoms with Gasteiger partial charge in [-0.15, -0.1) is 0 Å². The lowest BCUT2D eigenvalue weighted by Crippen LogP contribution is -2.14. The maximum absolute atomic E-state index is 5.69. The van der Waals surface area contributed by atoms with Crippen molar-refractivity contribution in [3.8, 4) is 0 Å². The molecule has 0 saturated carbocycles. The number of aryl methyl sites for hydroxylation is 1. The Morgan fingerprint density at radius 1 is 1.22 bits per heavy atom. The van der Waals surface area contributed by atoms with Crippen LogP contribution in [-0.4, -0.2) is 11.2 Å². The standard InChI is InChI=1S/C14H18N2OS/c1-11-4-3-7-16-14(11)9-15-8-12-5-6-13(17-12)10-18-2/h3-7,15H,8-10H2,1-2H3. The highest BCUT2D eigenvalue weighted by atomic mass is 32.2. The lowest BCUT2D eigenvalue weighted by molar-refractivity contribution is 0.458. The number of hydrogen-bond donors (Lipinski definition) is 1. The minimum Gasteiger partial charge on any atom is -0.464 e. The SMILES string of the molecule is CSCc1ccc(CNCc2ncccc2C)o1. The van der Waals surface area contributed by atoms with Crippen LogP contribution in [0, 0.1) is 6.92 Å². The molecule has 1 N–H and O–H groups in total. The zero-order valence-corrected chi connectivity index (χ0v) is 11.6. The predicted molar refractivity (Wildman–Crippen MR) is 75.4 cm³/mol. The number of furan rings is 1. The first kappa shape index (κ1) is 13.2. The third-order valence-electron chi connectivity index (χ3n) is 2.71. The Kier molecular flexibility index (Phi) is 4.84. The number of thioether (sulfide) groups is 1. The first-order valence-corrected chi connectivity index (χ1v) is 7.36. The topological polar surface area (TPSA) is 38.1 Å². The van der Waals surface area contributed by atoms with Crippen LogP contribution < -0.4 is 5.32 Å². The molecule has 0 aliphatic heterocycles. The molecule has 2 aromatic heterocycles. The van der Waals surface area contributed by atoms with E-state index in [0.29, 0.717) is 0 Å². The number of rotatable bonds is 6. The van der Waals surface area contributed by atoms with Gasteiger partial charge in [0.15, 0.2) is 0 Å². The highest BCUT2D eigenvalue weighted by Gasteiger charge is 2.02. The van der Waals surface area contributed by atoms with E-state index in [4.69, 9.17) is 4.42 Å². The predicted octanol–water partition coefficient (Wildman–Crippen LogP) is 3.14. The van der Waals surface area contributed by atoms with Gasteiger partial charge < -0.3 is 9.73 Å².